The Balaban J connectivity index is 2.18. The quantitative estimate of drug-likeness (QED) is 0.703. The summed E-state index contributed by atoms with van der Waals surface area (Å²) in [5.41, 5.74) is 12.8. The van der Waals surface area contributed by atoms with Crippen LogP contribution in [-0.2, 0) is 6.54 Å². The van der Waals surface area contributed by atoms with Crippen molar-refractivity contribution in [3.05, 3.63) is 40.8 Å². The first-order valence-corrected chi connectivity index (χ1v) is 8.37. The Morgan fingerprint density at radius 1 is 1.28 bits per heavy atom. The number of hydrogen-bond donors (Lipinski definition) is 3. The first-order chi connectivity index (χ1) is 11.9. The van der Waals surface area contributed by atoms with Crippen molar-refractivity contribution in [2.75, 3.05) is 18.9 Å². The largest absolute Gasteiger partial charge is 0.365 e. The number of nitrogens with zero attached hydrogens (tertiary/aromatic N) is 2. The van der Waals surface area contributed by atoms with Crippen molar-refractivity contribution in [3.63, 3.8) is 0 Å². The number of amides is 3. The number of nitriles is 1. The third kappa shape index (κ3) is 5.04. The minimum absolute atomic E-state index is 0.258. The zero-order chi connectivity index (χ0) is 18.4. The molecule has 0 aliphatic carbocycles. The van der Waals surface area contributed by atoms with E-state index < -0.39 is 11.9 Å². The van der Waals surface area contributed by atoms with Crippen molar-refractivity contribution in [2.45, 2.75) is 13.0 Å². The molecule has 8 heteroatoms. The van der Waals surface area contributed by atoms with E-state index >= 15 is 0 Å². The fraction of sp³-hybridized carbons (Fsp3) is 0.235. The minimum atomic E-state index is -0.748. The van der Waals surface area contributed by atoms with Crippen LogP contribution < -0.4 is 16.8 Å². The van der Waals surface area contributed by atoms with Gasteiger partial charge in [-0.15, -0.1) is 11.3 Å². The van der Waals surface area contributed by atoms with Gasteiger partial charge in [-0.1, -0.05) is 24.3 Å². The lowest BCUT2D eigenvalue weighted by Crippen LogP contribution is -2.21. The highest BCUT2D eigenvalue weighted by atomic mass is 32.1. The molecule has 2 rings (SSSR count). The molecule has 1 aromatic carbocycles. The van der Waals surface area contributed by atoms with Crippen LogP contribution in [0.15, 0.2) is 30.3 Å². The lowest BCUT2D eigenvalue weighted by Gasteiger charge is -2.14. The highest BCUT2D eigenvalue weighted by Crippen LogP contribution is 2.34. The molecule has 25 heavy (non-hydrogen) atoms. The zero-order valence-corrected chi connectivity index (χ0v) is 14.6. The van der Waals surface area contributed by atoms with E-state index in [2.05, 4.69) is 16.3 Å². The monoisotopic (exact) mass is 357 g/mol. The molecule has 1 heterocycles. The van der Waals surface area contributed by atoms with Gasteiger partial charge in [0.1, 0.15) is 4.88 Å². The predicted octanol–water partition coefficient (Wildman–Crippen LogP) is 2.35. The average Bonchev–Trinajstić information content (AvgIpc) is 2.97. The van der Waals surface area contributed by atoms with Crippen LogP contribution in [0.25, 0.3) is 10.4 Å². The second kappa shape index (κ2) is 8.28. The third-order valence-corrected chi connectivity index (χ3v) is 4.71. The number of anilines is 1. The number of carbonyl (C=O) groups is 2. The third-order valence-electron chi connectivity index (χ3n) is 3.51. The molecule has 0 fully saturated rings. The van der Waals surface area contributed by atoms with Gasteiger partial charge < -0.3 is 21.7 Å². The number of hydrogen-bond acceptors (Lipinski definition) is 5. The smallest absolute Gasteiger partial charge is 0.316 e. The molecule has 0 bridgehead atoms. The molecule has 5 N–H and O–H groups in total. The molecule has 0 aliphatic rings. The zero-order valence-electron chi connectivity index (χ0n) is 13.8. The van der Waals surface area contributed by atoms with E-state index in [1.807, 2.05) is 31.3 Å². The molecular weight excluding hydrogens is 338 g/mol. The van der Waals surface area contributed by atoms with Gasteiger partial charge in [0.2, 0.25) is 0 Å². The fourth-order valence-corrected chi connectivity index (χ4v) is 3.32. The summed E-state index contributed by atoms with van der Waals surface area (Å²) in [5, 5.41) is 11.0. The summed E-state index contributed by atoms with van der Waals surface area (Å²) in [6.07, 6.45) is 0.495. The van der Waals surface area contributed by atoms with Crippen LogP contribution >= 0.6 is 11.3 Å². The van der Waals surface area contributed by atoms with Crippen molar-refractivity contribution in [1.82, 2.24) is 4.90 Å². The summed E-state index contributed by atoms with van der Waals surface area (Å²) >= 11 is 1.20. The van der Waals surface area contributed by atoms with E-state index in [0.717, 1.165) is 22.5 Å². The van der Waals surface area contributed by atoms with Crippen LogP contribution in [0.5, 0.6) is 0 Å². The minimum Gasteiger partial charge on any atom is -0.365 e. The number of primary amides is 2. The van der Waals surface area contributed by atoms with Crippen molar-refractivity contribution >= 4 is 29.0 Å². The molecule has 0 unspecified atom stereocenters. The normalized spacial score (nSPS) is 10.4. The van der Waals surface area contributed by atoms with Gasteiger partial charge in [-0.05, 0) is 24.2 Å². The molecule has 3 amide bonds. The SMILES string of the molecule is CN(CCC#N)Cc1ccc(-c2cc(NC(N)=O)c(C(N)=O)s2)cc1. The highest BCUT2D eigenvalue weighted by molar-refractivity contribution is 7.18. The molecule has 1 aromatic heterocycles. The molecular formula is C17H19N5O2S. The second-order valence-electron chi connectivity index (χ2n) is 5.55. The van der Waals surface area contributed by atoms with Gasteiger partial charge in [0, 0.05) is 24.4 Å². The van der Waals surface area contributed by atoms with Crippen LogP contribution in [0.2, 0.25) is 0 Å². The summed E-state index contributed by atoms with van der Waals surface area (Å²) in [4.78, 5) is 25.7. The molecule has 130 valence electrons. The lowest BCUT2D eigenvalue weighted by atomic mass is 10.1. The van der Waals surface area contributed by atoms with Crippen LogP contribution in [0, 0.1) is 11.3 Å². The Hall–Kier alpha value is -2.89. The molecule has 0 saturated heterocycles. The van der Waals surface area contributed by atoms with Gasteiger partial charge in [-0.25, -0.2) is 4.79 Å². The predicted molar refractivity (Wildman–Crippen MR) is 98.0 cm³/mol. The molecule has 0 saturated carbocycles. The van der Waals surface area contributed by atoms with Crippen LogP contribution in [0.3, 0.4) is 0 Å². The Morgan fingerprint density at radius 3 is 2.52 bits per heavy atom. The molecule has 0 aliphatic heterocycles. The van der Waals surface area contributed by atoms with Crippen molar-refractivity contribution < 1.29 is 9.59 Å². The number of nitrogens with two attached hydrogens (primary N) is 2. The molecule has 0 spiro atoms. The van der Waals surface area contributed by atoms with E-state index in [9.17, 15) is 9.59 Å². The van der Waals surface area contributed by atoms with Crippen LogP contribution in [-0.4, -0.2) is 30.4 Å². The topological polar surface area (TPSA) is 125 Å². The van der Waals surface area contributed by atoms with Gasteiger partial charge >= 0.3 is 6.03 Å². The van der Waals surface area contributed by atoms with Crippen LogP contribution in [0.4, 0.5) is 10.5 Å². The highest BCUT2D eigenvalue weighted by Gasteiger charge is 2.16. The number of rotatable bonds is 7. The summed E-state index contributed by atoms with van der Waals surface area (Å²) < 4.78 is 0. The van der Waals surface area contributed by atoms with E-state index in [4.69, 9.17) is 16.7 Å². The number of carbonyl (C=O) groups excluding carboxylic acids is 2. The van der Waals surface area contributed by atoms with Crippen LogP contribution in [0.1, 0.15) is 21.7 Å². The summed E-state index contributed by atoms with van der Waals surface area (Å²) in [7, 11) is 1.96. The number of nitrogens with one attached hydrogen (secondary N) is 1. The molecule has 0 atom stereocenters. The number of thiophene rings is 1. The number of urea groups is 1. The van der Waals surface area contributed by atoms with Gasteiger partial charge in [-0.3, -0.25) is 4.79 Å². The Labute approximate surface area is 149 Å². The van der Waals surface area contributed by atoms with E-state index in [-0.39, 0.29) is 4.88 Å². The van der Waals surface area contributed by atoms with Gasteiger partial charge in [-0.2, -0.15) is 5.26 Å². The van der Waals surface area contributed by atoms with Gasteiger partial charge in [0.15, 0.2) is 0 Å². The van der Waals surface area contributed by atoms with Crippen molar-refractivity contribution in [3.8, 4) is 16.5 Å². The molecule has 7 nitrogen and oxygen atoms in total. The van der Waals surface area contributed by atoms with Crippen molar-refractivity contribution in [1.29, 1.82) is 5.26 Å². The maximum Gasteiger partial charge on any atom is 0.316 e. The summed E-state index contributed by atoms with van der Waals surface area (Å²) in [6, 6.07) is 10.9. The first-order valence-electron chi connectivity index (χ1n) is 7.55. The van der Waals surface area contributed by atoms with E-state index in [1.165, 1.54) is 11.3 Å². The standard InChI is InChI=1S/C17H19N5O2S/c1-22(8-2-7-18)10-11-3-5-12(6-4-11)14-9-13(21-17(20)24)15(25-14)16(19)23/h3-6,9H,2,8,10H2,1H3,(H2,19,23)(H3,20,21,24). The maximum atomic E-state index is 11.5. The molecule has 2 aromatic rings. The molecule has 0 radical (unpaired) electrons. The van der Waals surface area contributed by atoms with Crippen molar-refractivity contribution in [2.24, 2.45) is 11.5 Å². The summed E-state index contributed by atoms with van der Waals surface area (Å²) in [6.45, 7) is 1.46. The maximum absolute atomic E-state index is 11.5. The Bertz CT molecular complexity index is 807. The average molecular weight is 357 g/mol. The second-order valence-corrected chi connectivity index (χ2v) is 6.60. The number of benzene rings is 1. The van der Waals surface area contributed by atoms with Gasteiger partial charge in [0.05, 0.1) is 11.8 Å². The first kappa shape index (κ1) is 18.4. The Kier molecular flexibility index (Phi) is 6.11. The Morgan fingerprint density at radius 2 is 1.96 bits per heavy atom. The fourth-order valence-electron chi connectivity index (χ4n) is 2.35. The summed E-state index contributed by atoms with van der Waals surface area (Å²) in [5.74, 6) is -0.615. The lowest BCUT2D eigenvalue weighted by molar-refractivity contribution is 0.100. The van der Waals surface area contributed by atoms with E-state index in [1.54, 1.807) is 6.07 Å². The van der Waals surface area contributed by atoms with E-state index in [0.29, 0.717) is 18.7 Å². The van der Waals surface area contributed by atoms with Gasteiger partial charge in [0.25, 0.3) is 5.91 Å².